The highest BCUT2D eigenvalue weighted by Crippen LogP contribution is 2.73. The summed E-state index contributed by atoms with van der Waals surface area (Å²) in [6.45, 7) is 15.4. The molecular formula is C28H50O. The van der Waals surface area contributed by atoms with Crippen molar-refractivity contribution in [2.24, 2.45) is 51.8 Å². The first-order valence-corrected chi connectivity index (χ1v) is 13.3. The van der Waals surface area contributed by atoms with Crippen LogP contribution in [0.2, 0.25) is 0 Å². The first-order chi connectivity index (χ1) is 13.6. The van der Waals surface area contributed by atoms with E-state index in [0.29, 0.717) is 16.2 Å². The van der Waals surface area contributed by atoms with Crippen LogP contribution in [-0.4, -0.2) is 11.2 Å². The minimum atomic E-state index is -0.0196. The number of hydrogen-bond donors (Lipinski definition) is 1. The second kappa shape index (κ2) is 7.83. The molecule has 0 saturated heterocycles. The van der Waals surface area contributed by atoms with Gasteiger partial charge in [-0.05, 0) is 110 Å². The Balaban J connectivity index is 1.52. The molecule has 1 heteroatoms. The minimum absolute atomic E-state index is 0.0196. The van der Waals surface area contributed by atoms with Crippen LogP contribution in [0.3, 0.4) is 0 Å². The zero-order chi connectivity index (χ0) is 21.0. The lowest BCUT2D eigenvalue weighted by atomic mass is 9.39. The lowest BCUT2D eigenvalue weighted by molar-refractivity contribution is -0.176. The first-order valence-electron chi connectivity index (χ1n) is 13.3. The zero-order valence-corrected chi connectivity index (χ0v) is 20.5. The largest absolute Gasteiger partial charge is 0.393 e. The van der Waals surface area contributed by atoms with Crippen LogP contribution in [0.25, 0.3) is 0 Å². The summed E-state index contributed by atoms with van der Waals surface area (Å²) in [5.41, 5.74) is 1.63. The molecule has 0 bridgehead atoms. The van der Waals surface area contributed by atoms with Crippen molar-refractivity contribution in [2.45, 2.75) is 125 Å². The fourth-order valence-corrected chi connectivity index (χ4v) is 9.94. The van der Waals surface area contributed by atoms with E-state index in [1.165, 1.54) is 64.2 Å². The summed E-state index contributed by atoms with van der Waals surface area (Å²) in [7, 11) is 0. The fourth-order valence-electron chi connectivity index (χ4n) is 9.94. The molecule has 4 saturated carbocycles. The van der Waals surface area contributed by atoms with E-state index >= 15 is 0 Å². The Labute approximate surface area is 181 Å². The van der Waals surface area contributed by atoms with E-state index in [0.717, 1.165) is 48.3 Å². The number of fused-ring (bicyclic) bond motifs is 5. The molecule has 0 spiro atoms. The van der Waals surface area contributed by atoms with Crippen molar-refractivity contribution < 1.29 is 5.11 Å². The second-order valence-electron chi connectivity index (χ2n) is 13.3. The molecule has 0 aromatic carbocycles. The van der Waals surface area contributed by atoms with Gasteiger partial charge in [0, 0.05) is 0 Å². The third-order valence-electron chi connectivity index (χ3n) is 11.4. The molecule has 4 aliphatic rings. The summed E-state index contributed by atoms with van der Waals surface area (Å²) in [6, 6.07) is 0. The first kappa shape index (κ1) is 22.2. The van der Waals surface area contributed by atoms with E-state index in [4.69, 9.17) is 0 Å². The second-order valence-corrected chi connectivity index (χ2v) is 13.3. The highest BCUT2D eigenvalue weighted by atomic mass is 16.3. The van der Waals surface area contributed by atoms with Crippen molar-refractivity contribution in [3.63, 3.8) is 0 Å². The van der Waals surface area contributed by atoms with Crippen LogP contribution >= 0.6 is 0 Å². The van der Waals surface area contributed by atoms with E-state index in [1.54, 1.807) is 0 Å². The van der Waals surface area contributed by atoms with Crippen LogP contribution in [0.4, 0.5) is 0 Å². The summed E-state index contributed by atoms with van der Waals surface area (Å²) < 4.78 is 0. The van der Waals surface area contributed by atoms with Crippen LogP contribution in [0, 0.1) is 51.8 Å². The quantitative estimate of drug-likeness (QED) is 0.496. The summed E-state index contributed by atoms with van der Waals surface area (Å²) in [4.78, 5) is 0. The summed E-state index contributed by atoms with van der Waals surface area (Å²) >= 11 is 0. The van der Waals surface area contributed by atoms with Gasteiger partial charge in [-0.15, -0.1) is 0 Å². The van der Waals surface area contributed by atoms with Crippen molar-refractivity contribution in [2.75, 3.05) is 0 Å². The third kappa shape index (κ3) is 3.54. The molecule has 0 aromatic rings. The van der Waals surface area contributed by atoms with Crippen molar-refractivity contribution in [3.8, 4) is 0 Å². The van der Waals surface area contributed by atoms with Gasteiger partial charge < -0.3 is 5.11 Å². The molecular weight excluding hydrogens is 352 g/mol. The Bertz CT molecular complexity index is 583. The number of rotatable bonds is 5. The van der Waals surface area contributed by atoms with Crippen molar-refractivity contribution in [1.29, 1.82) is 0 Å². The molecule has 0 radical (unpaired) electrons. The molecule has 0 aliphatic heterocycles. The van der Waals surface area contributed by atoms with Crippen molar-refractivity contribution >= 4 is 0 Å². The monoisotopic (exact) mass is 402 g/mol. The summed E-state index contributed by atoms with van der Waals surface area (Å²) in [5, 5.41) is 10.3. The number of aliphatic hydroxyl groups is 1. The minimum Gasteiger partial charge on any atom is -0.393 e. The summed E-state index contributed by atoms with van der Waals surface area (Å²) in [6.07, 6.45) is 16.4. The molecule has 29 heavy (non-hydrogen) atoms. The van der Waals surface area contributed by atoms with E-state index in [1.807, 2.05) is 0 Å². The normalized spacial score (nSPS) is 50.7. The maximum absolute atomic E-state index is 10.3. The topological polar surface area (TPSA) is 20.2 Å². The Hall–Kier alpha value is -0.0400. The summed E-state index contributed by atoms with van der Waals surface area (Å²) in [5.74, 6) is 5.33. The van der Waals surface area contributed by atoms with Gasteiger partial charge in [0.1, 0.15) is 0 Å². The Kier molecular flexibility index (Phi) is 5.98. The van der Waals surface area contributed by atoms with Gasteiger partial charge in [-0.3, -0.25) is 0 Å². The Morgan fingerprint density at radius 1 is 0.759 bits per heavy atom. The van der Waals surface area contributed by atoms with Crippen LogP contribution in [-0.2, 0) is 0 Å². The smallest absolute Gasteiger partial charge is 0.0543 e. The van der Waals surface area contributed by atoms with Crippen LogP contribution in [0.5, 0.6) is 0 Å². The van der Waals surface area contributed by atoms with Gasteiger partial charge in [-0.25, -0.2) is 0 Å². The predicted octanol–water partition coefficient (Wildman–Crippen LogP) is 7.86. The van der Waals surface area contributed by atoms with Gasteiger partial charge in [0.25, 0.3) is 0 Å². The van der Waals surface area contributed by atoms with Crippen molar-refractivity contribution in [3.05, 3.63) is 0 Å². The zero-order valence-electron chi connectivity index (χ0n) is 20.5. The molecule has 168 valence electrons. The molecule has 1 N–H and O–H groups in total. The van der Waals surface area contributed by atoms with Crippen LogP contribution < -0.4 is 0 Å². The molecule has 4 rings (SSSR count). The van der Waals surface area contributed by atoms with E-state index in [2.05, 4.69) is 41.5 Å². The Morgan fingerprint density at radius 2 is 1.41 bits per heavy atom. The molecule has 4 aliphatic carbocycles. The van der Waals surface area contributed by atoms with Gasteiger partial charge >= 0.3 is 0 Å². The maximum Gasteiger partial charge on any atom is 0.0543 e. The highest BCUT2D eigenvalue weighted by molar-refractivity contribution is 5.14. The Morgan fingerprint density at radius 3 is 2.14 bits per heavy atom. The van der Waals surface area contributed by atoms with Gasteiger partial charge in [-0.2, -0.15) is 0 Å². The van der Waals surface area contributed by atoms with E-state index in [9.17, 15) is 5.11 Å². The van der Waals surface area contributed by atoms with Crippen molar-refractivity contribution in [1.82, 2.24) is 0 Å². The van der Waals surface area contributed by atoms with E-state index < -0.39 is 0 Å². The van der Waals surface area contributed by atoms with Crippen LogP contribution in [0.1, 0.15) is 119 Å². The van der Waals surface area contributed by atoms with Gasteiger partial charge in [0.2, 0.25) is 0 Å². The molecule has 9 atom stereocenters. The lowest BCUT2D eigenvalue weighted by Crippen LogP contribution is -2.59. The standard InChI is InChI=1S/C28H50O/c1-19(2)8-7-9-20(3)23-10-11-24-27(23,5)17-14-25-26(4)16-13-22(29)18-21(26)12-15-28(24,25)6/h19-25,29H,7-18H2,1-6H3/t20-,21?,22+,23-,24?,25?,26+,27-,28+/m1/s1. The predicted molar refractivity (Wildman–Crippen MR) is 124 cm³/mol. The molecule has 0 heterocycles. The lowest BCUT2D eigenvalue weighted by Gasteiger charge is -2.66. The van der Waals surface area contributed by atoms with Gasteiger partial charge in [0.15, 0.2) is 0 Å². The van der Waals surface area contributed by atoms with Crippen LogP contribution in [0.15, 0.2) is 0 Å². The van der Waals surface area contributed by atoms with E-state index in [-0.39, 0.29) is 6.10 Å². The van der Waals surface area contributed by atoms with Gasteiger partial charge in [-0.1, -0.05) is 60.8 Å². The molecule has 1 nitrogen and oxygen atoms in total. The average molecular weight is 403 g/mol. The highest BCUT2D eigenvalue weighted by Gasteiger charge is 2.65. The average Bonchev–Trinajstić information content (AvgIpc) is 3.00. The third-order valence-corrected chi connectivity index (χ3v) is 11.4. The van der Waals surface area contributed by atoms with Gasteiger partial charge in [0.05, 0.1) is 6.10 Å². The maximum atomic E-state index is 10.3. The molecule has 3 unspecified atom stereocenters. The molecule has 4 fully saturated rings. The number of hydrogen-bond acceptors (Lipinski definition) is 1. The number of aliphatic hydroxyl groups excluding tert-OH is 1. The molecule has 0 amide bonds. The SMILES string of the molecule is CC(C)CCC[C@@H](C)[C@H]1CCC2[C@]3(C)CCC4C[C@@H](O)CC[C@]4(C)C3CC[C@@]21C. The molecule has 0 aromatic heterocycles. The fraction of sp³-hybridized carbons (Fsp3) is 1.00.